The predicted octanol–water partition coefficient (Wildman–Crippen LogP) is 2.28. The van der Waals surface area contributed by atoms with Crippen molar-refractivity contribution in [1.29, 1.82) is 0 Å². The maximum Gasteiger partial charge on any atom is 0.283 e. The van der Waals surface area contributed by atoms with Crippen molar-refractivity contribution in [3.63, 3.8) is 0 Å². The van der Waals surface area contributed by atoms with Crippen molar-refractivity contribution < 1.29 is 4.92 Å². The second-order valence-electron chi connectivity index (χ2n) is 4.66. The number of hydrogen-bond donors (Lipinski definition) is 1. The molecule has 1 aromatic carbocycles. The number of piperidine rings is 1. The van der Waals surface area contributed by atoms with Crippen LogP contribution in [0.15, 0.2) is 22.7 Å². The molecule has 98 valence electrons. The van der Waals surface area contributed by atoms with Gasteiger partial charge in [0.15, 0.2) is 0 Å². The molecular formula is C12H16BrN3O2. The molecule has 1 fully saturated rings. The molecule has 0 aromatic heterocycles. The minimum atomic E-state index is -0.361. The molecule has 1 aliphatic rings. The zero-order chi connectivity index (χ0) is 13.1. The Bertz CT molecular complexity index is 445. The van der Waals surface area contributed by atoms with E-state index in [0.717, 1.165) is 38.0 Å². The van der Waals surface area contributed by atoms with Crippen molar-refractivity contribution in [3.8, 4) is 0 Å². The first kappa shape index (κ1) is 13.5. The lowest BCUT2D eigenvalue weighted by Crippen LogP contribution is -2.39. The second-order valence-corrected chi connectivity index (χ2v) is 5.51. The van der Waals surface area contributed by atoms with Gasteiger partial charge in [0, 0.05) is 18.7 Å². The number of likely N-dealkylation sites (tertiary alicyclic amines) is 1. The summed E-state index contributed by atoms with van der Waals surface area (Å²) in [5.41, 5.74) is 6.95. The summed E-state index contributed by atoms with van der Waals surface area (Å²) in [5.74, 6) is 0. The van der Waals surface area contributed by atoms with Gasteiger partial charge < -0.3 is 5.73 Å². The van der Waals surface area contributed by atoms with Crippen LogP contribution >= 0.6 is 15.9 Å². The number of nitro groups is 1. The summed E-state index contributed by atoms with van der Waals surface area (Å²) in [6.45, 7) is 2.68. The number of nitrogens with two attached hydrogens (primary N) is 1. The molecule has 6 heteroatoms. The Balaban J connectivity index is 2.05. The van der Waals surface area contributed by atoms with E-state index in [1.165, 1.54) is 0 Å². The number of rotatable bonds is 3. The van der Waals surface area contributed by atoms with Crippen molar-refractivity contribution in [1.82, 2.24) is 4.90 Å². The molecule has 2 rings (SSSR count). The van der Waals surface area contributed by atoms with Crippen molar-refractivity contribution in [3.05, 3.63) is 38.3 Å². The zero-order valence-corrected chi connectivity index (χ0v) is 11.6. The summed E-state index contributed by atoms with van der Waals surface area (Å²) in [5, 5.41) is 10.9. The molecule has 0 atom stereocenters. The fourth-order valence-corrected chi connectivity index (χ4v) is 2.56. The number of halogens is 1. The highest BCUT2D eigenvalue weighted by Crippen LogP contribution is 2.26. The van der Waals surface area contributed by atoms with Crippen molar-refractivity contribution in [2.75, 3.05) is 13.1 Å². The quantitative estimate of drug-likeness (QED) is 0.686. The van der Waals surface area contributed by atoms with Crippen LogP contribution in [-0.2, 0) is 6.54 Å². The molecule has 0 saturated carbocycles. The van der Waals surface area contributed by atoms with Gasteiger partial charge in [-0.2, -0.15) is 0 Å². The normalized spacial score (nSPS) is 17.9. The standard InChI is InChI=1S/C12H16BrN3O2/c13-11-2-1-9(7-12(11)16(17)18)8-15-5-3-10(14)4-6-15/h1-2,7,10H,3-6,8,14H2. The first-order valence-electron chi connectivity index (χ1n) is 5.97. The van der Waals surface area contributed by atoms with E-state index >= 15 is 0 Å². The van der Waals surface area contributed by atoms with Crippen LogP contribution in [0.4, 0.5) is 5.69 Å². The van der Waals surface area contributed by atoms with Crippen molar-refractivity contribution in [2.24, 2.45) is 5.73 Å². The summed E-state index contributed by atoms with van der Waals surface area (Å²) in [4.78, 5) is 12.8. The lowest BCUT2D eigenvalue weighted by atomic mass is 10.1. The Hall–Kier alpha value is -0.980. The van der Waals surface area contributed by atoms with E-state index in [1.807, 2.05) is 6.07 Å². The van der Waals surface area contributed by atoms with Gasteiger partial charge in [0.05, 0.1) is 9.40 Å². The number of nitro benzene ring substituents is 1. The van der Waals surface area contributed by atoms with E-state index < -0.39 is 0 Å². The van der Waals surface area contributed by atoms with Crippen molar-refractivity contribution >= 4 is 21.6 Å². The van der Waals surface area contributed by atoms with Gasteiger partial charge in [-0.25, -0.2) is 0 Å². The molecule has 18 heavy (non-hydrogen) atoms. The fourth-order valence-electron chi connectivity index (χ4n) is 2.17. The van der Waals surface area contributed by atoms with Crippen LogP contribution in [0, 0.1) is 10.1 Å². The molecule has 1 heterocycles. The van der Waals surface area contributed by atoms with Gasteiger partial charge in [0.25, 0.3) is 5.69 Å². The third kappa shape index (κ3) is 3.28. The molecule has 1 aromatic rings. The number of hydrogen-bond acceptors (Lipinski definition) is 4. The third-order valence-electron chi connectivity index (χ3n) is 3.25. The van der Waals surface area contributed by atoms with Gasteiger partial charge in [0.1, 0.15) is 0 Å². The maximum atomic E-state index is 10.9. The zero-order valence-electron chi connectivity index (χ0n) is 10.0. The lowest BCUT2D eigenvalue weighted by Gasteiger charge is -2.29. The Kier molecular flexibility index (Phi) is 4.31. The third-order valence-corrected chi connectivity index (χ3v) is 3.92. The van der Waals surface area contributed by atoms with Crippen LogP contribution in [0.1, 0.15) is 18.4 Å². The van der Waals surface area contributed by atoms with E-state index in [1.54, 1.807) is 12.1 Å². The van der Waals surface area contributed by atoms with Gasteiger partial charge in [-0.3, -0.25) is 15.0 Å². The van der Waals surface area contributed by atoms with Crippen LogP contribution in [0.25, 0.3) is 0 Å². The predicted molar refractivity (Wildman–Crippen MR) is 73.3 cm³/mol. The topological polar surface area (TPSA) is 72.4 Å². The Morgan fingerprint density at radius 1 is 1.44 bits per heavy atom. The minimum absolute atomic E-state index is 0.126. The Morgan fingerprint density at radius 3 is 2.72 bits per heavy atom. The molecule has 0 spiro atoms. The van der Waals surface area contributed by atoms with E-state index in [2.05, 4.69) is 20.8 Å². The van der Waals surface area contributed by atoms with Gasteiger partial charge in [-0.05, 0) is 53.5 Å². The van der Waals surface area contributed by atoms with Crippen molar-refractivity contribution in [2.45, 2.75) is 25.4 Å². The second kappa shape index (κ2) is 5.77. The van der Waals surface area contributed by atoms with E-state index in [9.17, 15) is 10.1 Å². The Labute approximate surface area is 114 Å². The molecule has 1 aliphatic heterocycles. The SMILES string of the molecule is NC1CCN(Cc2ccc(Br)c([N+](=O)[O-])c2)CC1. The highest BCUT2D eigenvalue weighted by atomic mass is 79.9. The first-order valence-corrected chi connectivity index (χ1v) is 6.76. The summed E-state index contributed by atoms with van der Waals surface area (Å²) in [6, 6.07) is 5.61. The maximum absolute atomic E-state index is 10.9. The minimum Gasteiger partial charge on any atom is -0.328 e. The highest BCUT2D eigenvalue weighted by molar-refractivity contribution is 9.10. The fraction of sp³-hybridized carbons (Fsp3) is 0.500. The molecule has 5 nitrogen and oxygen atoms in total. The number of benzene rings is 1. The van der Waals surface area contributed by atoms with Crippen LogP contribution < -0.4 is 5.73 Å². The molecule has 1 saturated heterocycles. The molecule has 2 N–H and O–H groups in total. The van der Waals surface area contributed by atoms with Gasteiger partial charge in [0.2, 0.25) is 0 Å². The monoisotopic (exact) mass is 313 g/mol. The average molecular weight is 314 g/mol. The smallest absolute Gasteiger partial charge is 0.283 e. The summed E-state index contributed by atoms with van der Waals surface area (Å²) in [7, 11) is 0. The molecule has 0 bridgehead atoms. The highest BCUT2D eigenvalue weighted by Gasteiger charge is 2.18. The van der Waals surface area contributed by atoms with Crippen LogP contribution in [0.5, 0.6) is 0 Å². The number of nitrogens with zero attached hydrogens (tertiary/aromatic N) is 2. The summed E-state index contributed by atoms with van der Waals surface area (Å²) < 4.78 is 0.525. The molecule has 0 unspecified atom stereocenters. The van der Waals surface area contributed by atoms with E-state index in [-0.39, 0.29) is 10.6 Å². The van der Waals surface area contributed by atoms with Gasteiger partial charge in [-0.1, -0.05) is 6.07 Å². The molecule has 0 amide bonds. The van der Waals surface area contributed by atoms with E-state index in [4.69, 9.17) is 5.73 Å². The summed E-state index contributed by atoms with van der Waals surface area (Å²) >= 11 is 3.19. The Morgan fingerprint density at radius 2 is 2.11 bits per heavy atom. The van der Waals surface area contributed by atoms with Crippen LogP contribution in [0.3, 0.4) is 0 Å². The lowest BCUT2D eigenvalue weighted by molar-refractivity contribution is -0.385. The molecule has 0 aliphatic carbocycles. The van der Waals surface area contributed by atoms with Crippen LogP contribution in [-0.4, -0.2) is 29.0 Å². The van der Waals surface area contributed by atoms with Gasteiger partial charge >= 0.3 is 0 Å². The molecule has 0 radical (unpaired) electrons. The first-order chi connectivity index (χ1) is 8.56. The van der Waals surface area contributed by atoms with E-state index in [0.29, 0.717) is 10.5 Å². The van der Waals surface area contributed by atoms with Crippen LogP contribution in [0.2, 0.25) is 0 Å². The average Bonchev–Trinajstić information content (AvgIpc) is 2.34. The van der Waals surface area contributed by atoms with Gasteiger partial charge in [-0.15, -0.1) is 0 Å². The largest absolute Gasteiger partial charge is 0.328 e. The molecular weight excluding hydrogens is 298 g/mol. The summed E-state index contributed by atoms with van der Waals surface area (Å²) in [6.07, 6.45) is 2.00.